The molecule has 0 saturated carbocycles. The smallest absolute Gasteiger partial charge is 0.349 e. The summed E-state index contributed by atoms with van der Waals surface area (Å²) in [7, 11) is 0. The minimum Gasteiger partial charge on any atom is -0.460 e. The zero-order valence-corrected chi connectivity index (χ0v) is 18.4. The summed E-state index contributed by atoms with van der Waals surface area (Å²) in [4.78, 5) is 46.5. The number of benzene rings is 1. The minimum atomic E-state index is -0.704. The second-order valence-corrected chi connectivity index (χ2v) is 8.75. The van der Waals surface area contributed by atoms with Gasteiger partial charge in [-0.1, -0.05) is 12.8 Å². The van der Waals surface area contributed by atoms with Gasteiger partial charge in [0.2, 0.25) is 0 Å². The number of esters is 1. The molecule has 3 N–H and O–H groups in total. The fraction of sp³-hybridized carbons (Fsp3) is 0.500. The number of anilines is 1. The van der Waals surface area contributed by atoms with Gasteiger partial charge in [0.25, 0.3) is 5.56 Å². The second kappa shape index (κ2) is 8.87. The first-order chi connectivity index (χ1) is 14.5. The molecule has 0 radical (unpaired) electrons. The highest BCUT2D eigenvalue weighted by Gasteiger charge is 2.19. The number of unbranched alkanes of at least 4 members (excludes halogenated alkanes) is 3. The number of aromatic amines is 1. The Balaban J connectivity index is 1.76. The molecular formula is C22H29N5O4. The second-order valence-electron chi connectivity index (χ2n) is 8.75. The first kappa shape index (κ1) is 22.5. The van der Waals surface area contributed by atoms with Crippen LogP contribution >= 0.6 is 0 Å². The summed E-state index contributed by atoms with van der Waals surface area (Å²) in [6.45, 7) is 7.98. The van der Waals surface area contributed by atoms with Crippen molar-refractivity contribution in [3.8, 4) is 11.5 Å². The predicted molar refractivity (Wildman–Crippen MR) is 119 cm³/mol. The third-order valence-corrected chi connectivity index (χ3v) is 4.93. The van der Waals surface area contributed by atoms with Crippen molar-refractivity contribution in [2.24, 2.45) is 0 Å². The van der Waals surface area contributed by atoms with E-state index in [1.54, 1.807) is 6.07 Å². The van der Waals surface area contributed by atoms with Gasteiger partial charge in [-0.05, 0) is 58.2 Å². The summed E-state index contributed by atoms with van der Waals surface area (Å²) in [6, 6.07) is 3.62. The Bertz CT molecular complexity index is 1190. The van der Waals surface area contributed by atoms with Crippen molar-refractivity contribution < 1.29 is 9.53 Å². The number of aryl methyl sites for hydroxylation is 2. The number of ether oxygens (including phenoxy) is 1. The zero-order chi connectivity index (χ0) is 22.8. The third kappa shape index (κ3) is 5.48. The molecule has 2 aliphatic rings. The molecule has 1 aromatic rings. The first-order valence-electron chi connectivity index (χ1n) is 10.5. The fourth-order valence-electron chi connectivity index (χ4n) is 3.47. The maximum Gasteiger partial charge on any atom is 0.349 e. The molecule has 166 valence electrons. The van der Waals surface area contributed by atoms with Gasteiger partial charge in [0.05, 0.1) is 11.0 Å². The van der Waals surface area contributed by atoms with Crippen molar-refractivity contribution >= 4 is 22.7 Å². The molecule has 0 aromatic heterocycles. The Morgan fingerprint density at radius 2 is 1.84 bits per heavy atom. The van der Waals surface area contributed by atoms with Gasteiger partial charge >= 0.3 is 11.7 Å². The Labute approximate surface area is 180 Å². The normalized spacial score (nSPS) is 11.9. The van der Waals surface area contributed by atoms with Crippen LogP contribution in [0.5, 0.6) is 0 Å². The molecule has 0 saturated heterocycles. The van der Waals surface area contributed by atoms with Gasteiger partial charge in [0, 0.05) is 18.7 Å². The van der Waals surface area contributed by atoms with Crippen molar-refractivity contribution in [2.45, 2.75) is 71.9 Å². The van der Waals surface area contributed by atoms with Crippen LogP contribution in [0.15, 0.2) is 21.7 Å². The number of carbonyl (C=O) groups is 1. The van der Waals surface area contributed by atoms with E-state index < -0.39 is 16.9 Å². The van der Waals surface area contributed by atoms with Crippen molar-refractivity contribution in [1.29, 1.82) is 0 Å². The number of H-pyrrole nitrogens is 1. The van der Waals surface area contributed by atoms with E-state index in [2.05, 4.69) is 15.0 Å². The standard InChI is InChI=1S/C22H29N5O4/c1-13-11-15-16(12-14(13)23)27(19-18(24-15)20(29)26-21(30)25-19)10-8-6-5-7-9-17(28)31-22(2,3)4/h11-12H,5-10,23H2,1-4H3,(H,26,29,30). The Morgan fingerprint density at radius 1 is 1.13 bits per heavy atom. The highest BCUT2D eigenvalue weighted by molar-refractivity contribution is 5.83. The number of fused-ring (bicyclic) bond motifs is 2. The lowest BCUT2D eigenvalue weighted by Gasteiger charge is -2.19. The van der Waals surface area contributed by atoms with Crippen LogP contribution in [-0.2, 0) is 16.1 Å². The van der Waals surface area contributed by atoms with E-state index in [1.807, 2.05) is 38.3 Å². The average molecular weight is 428 g/mol. The molecule has 0 unspecified atom stereocenters. The van der Waals surface area contributed by atoms with Gasteiger partial charge in [-0.3, -0.25) is 14.6 Å². The Hall–Kier alpha value is -3.23. The van der Waals surface area contributed by atoms with Crippen molar-refractivity contribution in [1.82, 2.24) is 19.5 Å². The van der Waals surface area contributed by atoms with E-state index in [1.165, 1.54) is 0 Å². The number of hydrogen-bond acceptors (Lipinski definition) is 7. The van der Waals surface area contributed by atoms with Gasteiger partial charge < -0.3 is 15.0 Å². The van der Waals surface area contributed by atoms with Crippen LogP contribution in [0.2, 0.25) is 0 Å². The number of nitrogens with zero attached hydrogens (tertiary/aromatic N) is 3. The lowest BCUT2D eigenvalue weighted by molar-refractivity contribution is -0.154. The van der Waals surface area contributed by atoms with E-state index in [9.17, 15) is 14.4 Å². The number of hydrogen-bond donors (Lipinski definition) is 2. The number of aromatic nitrogens is 4. The van der Waals surface area contributed by atoms with Crippen molar-refractivity contribution in [3.63, 3.8) is 0 Å². The van der Waals surface area contributed by atoms with Gasteiger partial charge in [0.15, 0.2) is 11.5 Å². The summed E-state index contributed by atoms with van der Waals surface area (Å²) < 4.78 is 7.15. The monoisotopic (exact) mass is 427 g/mol. The molecule has 0 amide bonds. The Morgan fingerprint density at radius 3 is 2.55 bits per heavy atom. The predicted octanol–water partition coefficient (Wildman–Crippen LogP) is 2.77. The van der Waals surface area contributed by atoms with E-state index in [0.29, 0.717) is 24.2 Å². The van der Waals surface area contributed by atoms with Crippen LogP contribution in [0.4, 0.5) is 5.69 Å². The van der Waals surface area contributed by atoms with Crippen LogP contribution in [0, 0.1) is 6.92 Å². The quantitative estimate of drug-likeness (QED) is 0.256. The van der Waals surface area contributed by atoms with Gasteiger partial charge in [-0.15, -0.1) is 0 Å². The third-order valence-electron chi connectivity index (χ3n) is 4.93. The van der Waals surface area contributed by atoms with Gasteiger partial charge in [-0.2, -0.15) is 4.98 Å². The van der Waals surface area contributed by atoms with Crippen LogP contribution in [0.1, 0.15) is 58.4 Å². The summed E-state index contributed by atoms with van der Waals surface area (Å²) in [5.41, 5.74) is 7.29. The Kier molecular flexibility index (Phi) is 6.42. The van der Waals surface area contributed by atoms with Crippen molar-refractivity contribution in [2.75, 3.05) is 5.73 Å². The molecule has 1 aromatic carbocycles. The van der Waals surface area contributed by atoms with E-state index >= 15 is 0 Å². The van der Waals surface area contributed by atoms with Crippen LogP contribution in [0.25, 0.3) is 22.6 Å². The van der Waals surface area contributed by atoms with E-state index in [0.717, 1.165) is 36.8 Å². The van der Waals surface area contributed by atoms with Gasteiger partial charge in [-0.25, -0.2) is 9.78 Å². The summed E-state index contributed by atoms with van der Waals surface area (Å²) in [6.07, 6.45) is 3.65. The molecule has 2 aliphatic heterocycles. The molecule has 9 nitrogen and oxygen atoms in total. The molecule has 0 spiro atoms. The number of nitrogens with one attached hydrogen (secondary N) is 1. The number of rotatable bonds is 7. The molecular weight excluding hydrogens is 398 g/mol. The highest BCUT2D eigenvalue weighted by Crippen LogP contribution is 2.25. The zero-order valence-electron chi connectivity index (χ0n) is 18.4. The first-order valence-corrected chi connectivity index (χ1v) is 10.5. The number of carbonyl (C=O) groups excluding carboxylic acids is 1. The molecule has 31 heavy (non-hydrogen) atoms. The van der Waals surface area contributed by atoms with E-state index in [-0.39, 0.29) is 17.5 Å². The summed E-state index contributed by atoms with van der Waals surface area (Å²) in [5.74, 6) is 0.0588. The van der Waals surface area contributed by atoms with Crippen LogP contribution < -0.4 is 17.0 Å². The molecule has 0 aliphatic carbocycles. The fourth-order valence-corrected chi connectivity index (χ4v) is 3.47. The van der Waals surface area contributed by atoms with Crippen LogP contribution in [-0.4, -0.2) is 31.1 Å². The molecule has 0 bridgehead atoms. The largest absolute Gasteiger partial charge is 0.460 e. The summed E-state index contributed by atoms with van der Waals surface area (Å²) >= 11 is 0. The van der Waals surface area contributed by atoms with Crippen LogP contribution in [0.3, 0.4) is 0 Å². The SMILES string of the molecule is Cc1cc2nc3c(=O)[nH]c(=O)nc-3n(CCCCCCC(=O)OC(C)(C)C)c2cc1N. The highest BCUT2D eigenvalue weighted by atomic mass is 16.6. The topological polar surface area (TPSA) is 133 Å². The lowest BCUT2D eigenvalue weighted by atomic mass is 10.1. The maximum absolute atomic E-state index is 12.3. The minimum absolute atomic E-state index is 0.126. The molecule has 0 fully saturated rings. The molecule has 3 rings (SSSR count). The molecule has 2 heterocycles. The van der Waals surface area contributed by atoms with E-state index in [4.69, 9.17) is 10.5 Å². The number of nitrogens with two attached hydrogens (primary N) is 1. The van der Waals surface area contributed by atoms with Crippen molar-refractivity contribution in [3.05, 3.63) is 38.5 Å². The number of nitrogen functional groups attached to an aromatic ring is 1. The maximum atomic E-state index is 12.3. The lowest BCUT2D eigenvalue weighted by Crippen LogP contribution is -2.29. The average Bonchev–Trinajstić information content (AvgIpc) is 2.64. The molecule has 9 heteroatoms. The molecule has 0 atom stereocenters. The summed E-state index contributed by atoms with van der Waals surface area (Å²) in [5, 5.41) is 0. The van der Waals surface area contributed by atoms with Gasteiger partial charge in [0.1, 0.15) is 5.60 Å².